The van der Waals surface area contributed by atoms with Crippen LogP contribution in [0.3, 0.4) is 0 Å². The van der Waals surface area contributed by atoms with Crippen molar-refractivity contribution in [1.29, 1.82) is 0 Å². The molecule has 1 saturated heterocycles. The van der Waals surface area contributed by atoms with Gasteiger partial charge in [-0.1, -0.05) is 0 Å². The first-order valence-electron chi connectivity index (χ1n) is 12.0. The Morgan fingerprint density at radius 1 is 0.615 bits per heavy atom. The Kier molecular flexibility index (Phi) is 6.07. The summed E-state index contributed by atoms with van der Waals surface area (Å²) in [6, 6.07) is 30.1. The van der Waals surface area contributed by atoms with Crippen LogP contribution in [0, 0.1) is 0 Å². The number of benzene rings is 4. The van der Waals surface area contributed by atoms with Crippen LogP contribution in [-0.2, 0) is 13.3 Å². The molecule has 2 aliphatic heterocycles. The van der Waals surface area contributed by atoms with E-state index in [0.29, 0.717) is 16.8 Å². The summed E-state index contributed by atoms with van der Waals surface area (Å²) in [5, 5.41) is 1.44. The minimum atomic E-state index is -5.80. The molecule has 1 unspecified atom stereocenters. The van der Waals surface area contributed by atoms with E-state index in [1.165, 1.54) is 23.3 Å². The first-order chi connectivity index (χ1) is 18.6. The van der Waals surface area contributed by atoms with Crippen LogP contribution in [0.25, 0.3) is 0 Å². The Balaban J connectivity index is 1.69. The van der Waals surface area contributed by atoms with Gasteiger partial charge in [-0.25, -0.2) is 0 Å². The van der Waals surface area contributed by atoms with E-state index in [9.17, 15) is 26.3 Å². The molecular weight excluding hydrogens is 587 g/mol. The summed E-state index contributed by atoms with van der Waals surface area (Å²) in [6.07, 6.45) is -11.6. The van der Waals surface area contributed by atoms with E-state index >= 15 is 0 Å². The number of halogens is 6. The molecular formula is C29H21F6NO2Se. The van der Waals surface area contributed by atoms with Crippen molar-refractivity contribution in [2.75, 3.05) is 5.06 Å². The molecule has 6 rings (SSSR count). The molecule has 3 nitrogen and oxygen atoms in total. The van der Waals surface area contributed by atoms with Gasteiger partial charge in [-0.05, 0) is 0 Å². The zero-order chi connectivity index (χ0) is 27.5. The number of hydroxylamine groups is 1. The molecule has 2 aliphatic rings. The van der Waals surface area contributed by atoms with Gasteiger partial charge in [0.2, 0.25) is 0 Å². The number of rotatable bonds is 3. The van der Waals surface area contributed by atoms with E-state index in [1.54, 1.807) is 91.0 Å². The number of para-hydroxylation sites is 1. The monoisotopic (exact) mass is 609 g/mol. The maximum atomic E-state index is 14.7. The van der Waals surface area contributed by atoms with Crippen molar-refractivity contribution in [3.8, 4) is 0 Å². The van der Waals surface area contributed by atoms with Crippen molar-refractivity contribution in [3.05, 3.63) is 132 Å². The standard InChI is InChI=1S/C29H21F6NO2Se/c30-28(31,32)27(29(33,34)35)23-18-10-11-19-24(23)39(37-27)26(21-14-6-2-7-15-21)25(20-12-4-1-5-13-20)36(38-39)22-16-8-3-9-17-22/h1-19,25-26H/t25-,26-/m1/s1. The second-order valence-corrected chi connectivity index (χ2v) is 14.2. The molecule has 0 amide bonds. The predicted molar refractivity (Wildman–Crippen MR) is 135 cm³/mol. The quantitative estimate of drug-likeness (QED) is 0.182. The first-order valence-corrected chi connectivity index (χ1v) is 15.2. The van der Waals surface area contributed by atoms with Gasteiger partial charge < -0.3 is 0 Å². The number of hydrogen-bond donors (Lipinski definition) is 0. The number of alkyl halides is 6. The Hall–Kier alpha value is -3.30. The normalized spacial score (nSPS) is 25.8. The van der Waals surface area contributed by atoms with Crippen LogP contribution in [0.5, 0.6) is 0 Å². The fraction of sp³-hybridized carbons (Fsp3) is 0.172. The van der Waals surface area contributed by atoms with E-state index < -0.39 is 47.9 Å². The summed E-state index contributed by atoms with van der Waals surface area (Å²) in [5.41, 5.74) is -3.81. The number of anilines is 1. The van der Waals surface area contributed by atoms with Crippen LogP contribution < -0.4 is 9.53 Å². The molecule has 0 aliphatic carbocycles. The molecule has 0 N–H and O–H groups in total. The van der Waals surface area contributed by atoms with Crippen LogP contribution in [0.4, 0.5) is 32.0 Å². The number of nitrogens with zero attached hydrogens (tertiary/aromatic N) is 1. The maximum absolute atomic E-state index is 14.7. The minimum absolute atomic E-state index is 0.170. The number of fused-ring (bicyclic) bond motifs is 2. The van der Waals surface area contributed by atoms with Gasteiger partial charge >= 0.3 is 224 Å². The van der Waals surface area contributed by atoms with Gasteiger partial charge in [-0.3, -0.25) is 0 Å². The molecule has 0 aromatic heterocycles. The fourth-order valence-electron chi connectivity index (χ4n) is 5.33. The van der Waals surface area contributed by atoms with Crippen LogP contribution in [0.15, 0.2) is 115 Å². The predicted octanol–water partition coefficient (Wildman–Crippen LogP) is 7.20. The van der Waals surface area contributed by atoms with Crippen LogP contribution in [0.1, 0.15) is 27.5 Å². The zero-order valence-electron chi connectivity index (χ0n) is 20.1. The van der Waals surface area contributed by atoms with E-state index in [1.807, 2.05) is 0 Å². The summed E-state index contributed by atoms with van der Waals surface area (Å²) in [5.74, 6) is 0. The molecule has 1 fully saturated rings. The Labute approximate surface area is 223 Å². The second-order valence-electron chi connectivity index (χ2n) is 9.22. The fourth-order valence-corrected chi connectivity index (χ4v) is 13.0. The van der Waals surface area contributed by atoms with Crippen molar-refractivity contribution in [2.45, 2.75) is 28.8 Å². The topological polar surface area (TPSA) is 21.7 Å². The summed E-state index contributed by atoms with van der Waals surface area (Å²) < 4.78 is 100. The van der Waals surface area contributed by atoms with Crippen molar-refractivity contribution >= 4 is 23.7 Å². The van der Waals surface area contributed by atoms with Gasteiger partial charge in [0.25, 0.3) is 0 Å². The second kappa shape index (κ2) is 9.13. The van der Waals surface area contributed by atoms with E-state index in [-0.39, 0.29) is 4.46 Å². The molecule has 39 heavy (non-hydrogen) atoms. The van der Waals surface area contributed by atoms with Crippen molar-refractivity contribution in [3.63, 3.8) is 0 Å². The van der Waals surface area contributed by atoms with Gasteiger partial charge in [0.1, 0.15) is 0 Å². The van der Waals surface area contributed by atoms with E-state index in [2.05, 4.69) is 0 Å². The van der Waals surface area contributed by atoms with Gasteiger partial charge in [0.15, 0.2) is 0 Å². The van der Waals surface area contributed by atoms with Crippen molar-refractivity contribution in [1.82, 2.24) is 0 Å². The third kappa shape index (κ3) is 3.81. The molecule has 4 aromatic carbocycles. The summed E-state index contributed by atoms with van der Waals surface area (Å²) in [7, 11) is 0. The van der Waals surface area contributed by atoms with Crippen LogP contribution in [0.2, 0.25) is 0 Å². The van der Waals surface area contributed by atoms with Gasteiger partial charge in [-0.2, -0.15) is 0 Å². The number of hydrogen-bond acceptors (Lipinski definition) is 3. The Bertz CT molecular complexity index is 1450. The molecule has 10 heteroatoms. The Morgan fingerprint density at radius 3 is 1.67 bits per heavy atom. The molecule has 4 aromatic rings. The SMILES string of the molecule is FC(F)(F)C1(C(F)(F)F)O[Se]2(ON(c3ccccc3)[C@H](c3ccccc3)[C@H]2c2ccccc2)c2ccccc21. The van der Waals surface area contributed by atoms with E-state index in [0.717, 1.165) is 6.07 Å². The Morgan fingerprint density at radius 2 is 1.10 bits per heavy atom. The summed E-state index contributed by atoms with van der Waals surface area (Å²) in [6.45, 7) is 0. The third-order valence-electron chi connectivity index (χ3n) is 6.96. The average molecular weight is 608 g/mol. The van der Waals surface area contributed by atoms with Crippen LogP contribution >= 0.6 is 0 Å². The van der Waals surface area contributed by atoms with Crippen LogP contribution in [-0.4, -0.2) is 25.9 Å². The van der Waals surface area contributed by atoms with Gasteiger partial charge in [0.05, 0.1) is 0 Å². The molecule has 0 radical (unpaired) electrons. The molecule has 202 valence electrons. The molecule has 2 heterocycles. The molecule has 0 bridgehead atoms. The van der Waals surface area contributed by atoms with Gasteiger partial charge in [0, 0.05) is 0 Å². The van der Waals surface area contributed by atoms with E-state index in [4.69, 9.17) is 7.74 Å². The average Bonchev–Trinajstić information content (AvgIpc) is 3.44. The van der Waals surface area contributed by atoms with Gasteiger partial charge in [-0.15, -0.1) is 0 Å². The molecule has 0 saturated carbocycles. The van der Waals surface area contributed by atoms with Crippen molar-refractivity contribution < 1.29 is 34.1 Å². The third-order valence-corrected chi connectivity index (χ3v) is 13.4. The first kappa shape index (κ1) is 25.9. The molecule has 1 spiro atoms. The summed E-state index contributed by atoms with van der Waals surface area (Å²) >= 11 is -4.89. The van der Waals surface area contributed by atoms with Crippen molar-refractivity contribution in [2.24, 2.45) is 0 Å². The molecule has 3 atom stereocenters. The zero-order valence-corrected chi connectivity index (χ0v) is 21.8. The summed E-state index contributed by atoms with van der Waals surface area (Å²) in [4.78, 5) is -0.974.